The van der Waals surface area contributed by atoms with Gasteiger partial charge < -0.3 is 15.3 Å². The maximum absolute atomic E-state index is 9.01. The summed E-state index contributed by atoms with van der Waals surface area (Å²) < 4.78 is 0. The van der Waals surface area contributed by atoms with Crippen LogP contribution in [0.5, 0.6) is 0 Å². The van der Waals surface area contributed by atoms with E-state index >= 15 is 0 Å². The van der Waals surface area contributed by atoms with E-state index in [4.69, 9.17) is 30.2 Å². The van der Waals surface area contributed by atoms with Gasteiger partial charge in [0.1, 0.15) is 0 Å². The first-order valence-electron chi connectivity index (χ1n) is 2.85. The van der Waals surface area contributed by atoms with Gasteiger partial charge in [-0.25, -0.2) is 4.79 Å². The van der Waals surface area contributed by atoms with E-state index < -0.39 is 11.9 Å². The number of rotatable bonds is 0. The fraction of sp³-hybridized carbons (Fsp3) is 0.500. The van der Waals surface area contributed by atoms with Gasteiger partial charge in [-0.15, -0.1) is 0 Å². The number of nitrogens with zero attached hydrogens (tertiary/aromatic N) is 1. The van der Waals surface area contributed by atoms with Crippen LogP contribution >= 0.6 is 0 Å². The summed E-state index contributed by atoms with van der Waals surface area (Å²) in [5, 5.41) is 29.6. The Balaban J connectivity index is -0.0000000465. The molecule has 13 heavy (non-hydrogen) atoms. The van der Waals surface area contributed by atoms with Crippen LogP contribution in [0.1, 0.15) is 13.8 Å². The molecule has 0 aliphatic heterocycles. The van der Waals surface area contributed by atoms with Crippen LogP contribution in [0.4, 0.5) is 0 Å². The zero-order valence-corrected chi connectivity index (χ0v) is 6.81. The van der Waals surface area contributed by atoms with E-state index in [1.807, 2.05) is 0 Å². The van der Waals surface area contributed by atoms with E-state index in [2.05, 4.69) is 0 Å². The van der Waals surface area contributed by atoms with E-state index in [0.29, 0.717) is 0 Å². The zero-order chi connectivity index (χ0) is 10.6. The number of aliphatic hydroxyl groups excluding tert-OH is 1. The summed E-state index contributed by atoms with van der Waals surface area (Å²) in [6, 6.07) is 0.944. The molecule has 0 amide bonds. The number of hydrogen-bond acceptors (Lipinski definition) is 4. The minimum atomic E-state index is -1.44. The Morgan fingerprint density at radius 1 is 1.38 bits per heavy atom. The second-order valence-electron chi connectivity index (χ2n) is 1.25. The molecule has 7 heteroatoms. The number of carboxylic acid groups (broad SMARTS) is 2. The number of hydrogen-bond donors (Lipinski definition) is 3. The Morgan fingerprint density at radius 3 is 1.46 bits per heavy atom. The standard InChI is InChI=1S/C2HNO2.C2H4O2.C2H6O.K.H/c3-1-2(4)5;1-2(3)4;1-2-3;;/h(H,4,5);1H3,(H,3,4);3H,2H2,1H3;;. The minimum absolute atomic E-state index is 0. The molecule has 0 heterocycles. The fourth-order valence-electron chi connectivity index (χ4n) is 0. The molecule has 3 N–H and O–H groups in total. The van der Waals surface area contributed by atoms with Crippen molar-refractivity contribution in [3.63, 3.8) is 0 Å². The van der Waals surface area contributed by atoms with Gasteiger partial charge in [0, 0.05) is 13.5 Å². The van der Waals surface area contributed by atoms with Gasteiger partial charge >= 0.3 is 57.4 Å². The molecular formula is C6H12KNO5. The average molecular weight is 217 g/mol. The predicted molar refractivity (Wildman–Crippen MR) is 46.5 cm³/mol. The number of nitriles is 1. The summed E-state index contributed by atoms with van der Waals surface area (Å²) in [5.41, 5.74) is 0. The molecule has 0 fully saturated rings. The molecule has 0 aromatic heterocycles. The van der Waals surface area contributed by atoms with Crippen LogP contribution < -0.4 is 0 Å². The van der Waals surface area contributed by atoms with Gasteiger partial charge in [-0.05, 0) is 6.92 Å². The van der Waals surface area contributed by atoms with Gasteiger partial charge in [-0.1, -0.05) is 0 Å². The number of carboxylic acids is 2. The van der Waals surface area contributed by atoms with Crippen molar-refractivity contribution in [1.82, 2.24) is 0 Å². The van der Waals surface area contributed by atoms with E-state index in [1.54, 1.807) is 6.92 Å². The van der Waals surface area contributed by atoms with Crippen molar-refractivity contribution >= 4 is 63.3 Å². The Kier molecular flexibility index (Phi) is 40.4. The third-order valence-electron chi connectivity index (χ3n) is 0.0956. The third kappa shape index (κ3) is 294. The second kappa shape index (κ2) is 22.7. The molecule has 0 saturated carbocycles. The summed E-state index contributed by atoms with van der Waals surface area (Å²) in [6.07, 6.45) is 0. The molecule has 0 aromatic rings. The van der Waals surface area contributed by atoms with Crippen LogP contribution in [0.25, 0.3) is 0 Å². The summed E-state index contributed by atoms with van der Waals surface area (Å²) in [6.45, 7) is 3.01. The predicted octanol–water partition coefficient (Wildman–Crippen LogP) is -0.964. The fourth-order valence-corrected chi connectivity index (χ4v) is 0. The van der Waals surface area contributed by atoms with Crippen molar-refractivity contribution in [3.05, 3.63) is 0 Å². The van der Waals surface area contributed by atoms with Crippen LogP contribution in [0, 0.1) is 11.3 Å². The summed E-state index contributed by atoms with van der Waals surface area (Å²) >= 11 is 0. The second-order valence-corrected chi connectivity index (χ2v) is 1.25. The van der Waals surface area contributed by atoms with E-state index in [1.165, 1.54) is 0 Å². The first-order chi connectivity index (χ1) is 5.42. The van der Waals surface area contributed by atoms with Gasteiger partial charge in [0.2, 0.25) is 0 Å². The molecule has 6 nitrogen and oxygen atoms in total. The number of aliphatic hydroxyl groups is 1. The van der Waals surface area contributed by atoms with Crippen molar-refractivity contribution < 1.29 is 24.9 Å². The van der Waals surface area contributed by atoms with Crippen molar-refractivity contribution in [2.45, 2.75) is 13.8 Å². The molecule has 0 aliphatic carbocycles. The van der Waals surface area contributed by atoms with E-state index in [0.717, 1.165) is 13.0 Å². The number of carbonyl (C=O) groups is 2. The van der Waals surface area contributed by atoms with Crippen LogP contribution in [0.2, 0.25) is 0 Å². The molecule has 0 aliphatic rings. The van der Waals surface area contributed by atoms with Crippen LogP contribution in [-0.4, -0.2) is 85.2 Å². The third-order valence-corrected chi connectivity index (χ3v) is 0.0956. The summed E-state index contributed by atoms with van der Waals surface area (Å²) in [7, 11) is 0. The van der Waals surface area contributed by atoms with E-state index in [9.17, 15) is 0 Å². The van der Waals surface area contributed by atoms with Gasteiger partial charge in [0.25, 0.3) is 5.97 Å². The number of aliphatic carboxylic acids is 2. The normalized spacial score (nSPS) is 5.38. The molecule has 72 valence electrons. The van der Waals surface area contributed by atoms with Crippen LogP contribution in [0.15, 0.2) is 0 Å². The molecule has 0 unspecified atom stereocenters. The quantitative estimate of drug-likeness (QED) is 0.273. The molecule has 0 aromatic carbocycles. The Bertz CT molecular complexity index is 161. The first kappa shape index (κ1) is 23.1. The van der Waals surface area contributed by atoms with Crippen molar-refractivity contribution in [3.8, 4) is 6.07 Å². The Morgan fingerprint density at radius 2 is 1.46 bits per heavy atom. The molecule has 0 bridgehead atoms. The van der Waals surface area contributed by atoms with E-state index in [-0.39, 0.29) is 58.0 Å². The molecule has 0 spiro atoms. The monoisotopic (exact) mass is 217 g/mol. The summed E-state index contributed by atoms with van der Waals surface area (Å²) in [4.78, 5) is 18.0. The molecule has 0 saturated heterocycles. The Hall–Kier alpha value is 0.0264. The molecule has 0 atom stereocenters. The molecular weight excluding hydrogens is 205 g/mol. The average Bonchev–Trinajstić information content (AvgIpc) is 1.88. The van der Waals surface area contributed by atoms with Gasteiger partial charge in [-0.2, -0.15) is 5.26 Å². The first-order valence-corrected chi connectivity index (χ1v) is 2.85. The topological polar surface area (TPSA) is 119 Å². The van der Waals surface area contributed by atoms with Gasteiger partial charge in [0.15, 0.2) is 6.07 Å². The van der Waals surface area contributed by atoms with Gasteiger partial charge in [-0.3, -0.25) is 4.79 Å². The SMILES string of the molecule is CC(=O)O.CCO.N#CC(=O)O.[KH]. The van der Waals surface area contributed by atoms with Crippen molar-refractivity contribution in [2.75, 3.05) is 6.61 Å². The van der Waals surface area contributed by atoms with Crippen molar-refractivity contribution in [1.29, 1.82) is 5.26 Å². The van der Waals surface area contributed by atoms with Crippen LogP contribution in [-0.2, 0) is 9.59 Å². The zero-order valence-electron chi connectivity index (χ0n) is 6.81. The molecule has 0 radical (unpaired) electrons. The Labute approximate surface area is 119 Å². The van der Waals surface area contributed by atoms with Crippen molar-refractivity contribution in [2.24, 2.45) is 0 Å². The summed E-state index contributed by atoms with van der Waals surface area (Å²) in [5.74, 6) is -2.27. The van der Waals surface area contributed by atoms with Gasteiger partial charge in [0.05, 0.1) is 0 Å². The molecule has 0 rings (SSSR count). The van der Waals surface area contributed by atoms with Crippen LogP contribution in [0.3, 0.4) is 0 Å². The maximum atomic E-state index is 9.01.